The first kappa shape index (κ1) is 12.7. The molecular weight excluding hydrogens is 240 g/mol. The van der Waals surface area contributed by atoms with Crippen molar-refractivity contribution >= 4 is 11.6 Å². The Morgan fingerprint density at radius 3 is 2.89 bits per heavy atom. The van der Waals surface area contributed by atoms with Crippen LogP contribution in [-0.2, 0) is 0 Å². The summed E-state index contributed by atoms with van der Waals surface area (Å²) in [6.45, 7) is 4.60. The largest absolute Gasteiger partial charge is 0.391 e. The maximum Gasteiger partial charge on any atom is 0.136 e. The number of hydrogen-bond donors (Lipinski definition) is 2. The lowest BCUT2D eigenvalue weighted by atomic mass is 10.1. The molecule has 0 amide bonds. The van der Waals surface area contributed by atoms with Crippen molar-refractivity contribution < 1.29 is 5.11 Å². The summed E-state index contributed by atoms with van der Waals surface area (Å²) < 4.78 is 0. The van der Waals surface area contributed by atoms with Crippen molar-refractivity contribution in [3.05, 3.63) is 11.9 Å². The molecule has 0 bridgehead atoms. The summed E-state index contributed by atoms with van der Waals surface area (Å²) in [5.74, 6) is 3.39. The van der Waals surface area contributed by atoms with Gasteiger partial charge in [-0.25, -0.2) is 9.97 Å². The van der Waals surface area contributed by atoms with Gasteiger partial charge in [0, 0.05) is 31.6 Å². The summed E-state index contributed by atoms with van der Waals surface area (Å²) in [5.41, 5.74) is 0. The van der Waals surface area contributed by atoms with Crippen molar-refractivity contribution in [1.29, 1.82) is 0 Å². The first-order valence-electron chi connectivity index (χ1n) is 7.32. The Hall–Kier alpha value is -1.36. The molecule has 1 aromatic heterocycles. The third-order valence-electron chi connectivity index (χ3n) is 3.75. The van der Waals surface area contributed by atoms with Gasteiger partial charge in [-0.3, -0.25) is 0 Å². The number of aromatic nitrogens is 2. The molecule has 1 unspecified atom stereocenters. The lowest BCUT2D eigenvalue weighted by Crippen LogP contribution is -2.38. The molecule has 2 fully saturated rings. The van der Waals surface area contributed by atoms with Crippen LogP contribution in [0, 0.1) is 0 Å². The van der Waals surface area contributed by atoms with Crippen molar-refractivity contribution in [2.24, 2.45) is 0 Å². The van der Waals surface area contributed by atoms with Gasteiger partial charge in [-0.2, -0.15) is 0 Å². The lowest BCUT2D eigenvalue weighted by Gasteiger charge is -2.31. The molecule has 0 aromatic carbocycles. The van der Waals surface area contributed by atoms with Crippen LogP contribution in [0.15, 0.2) is 6.07 Å². The zero-order valence-corrected chi connectivity index (χ0v) is 11.5. The molecule has 1 aromatic rings. The Morgan fingerprint density at radius 2 is 2.21 bits per heavy atom. The van der Waals surface area contributed by atoms with Gasteiger partial charge in [0.05, 0.1) is 6.10 Å². The SMILES string of the molecule is CCNc1cc(N2CCCC(O)C2)nc(C2CC2)n1. The zero-order chi connectivity index (χ0) is 13.2. The Bertz CT molecular complexity index is 447. The average Bonchev–Trinajstić information content (AvgIpc) is 3.23. The molecule has 1 aliphatic carbocycles. The Labute approximate surface area is 114 Å². The number of hydrogen-bond acceptors (Lipinski definition) is 5. The predicted octanol–water partition coefficient (Wildman–Crippen LogP) is 1.75. The fraction of sp³-hybridized carbons (Fsp3) is 0.714. The molecule has 19 heavy (non-hydrogen) atoms. The van der Waals surface area contributed by atoms with E-state index >= 15 is 0 Å². The van der Waals surface area contributed by atoms with Gasteiger partial charge in [0.15, 0.2) is 0 Å². The van der Waals surface area contributed by atoms with E-state index in [-0.39, 0.29) is 6.10 Å². The Kier molecular flexibility index (Phi) is 3.55. The lowest BCUT2D eigenvalue weighted by molar-refractivity contribution is 0.154. The summed E-state index contributed by atoms with van der Waals surface area (Å²) in [7, 11) is 0. The molecule has 2 heterocycles. The van der Waals surface area contributed by atoms with Crippen molar-refractivity contribution in [2.75, 3.05) is 29.9 Å². The number of rotatable bonds is 4. The normalized spacial score (nSPS) is 23.5. The zero-order valence-electron chi connectivity index (χ0n) is 11.5. The molecule has 5 heteroatoms. The Balaban J connectivity index is 1.85. The van der Waals surface area contributed by atoms with Gasteiger partial charge in [0.1, 0.15) is 17.5 Å². The van der Waals surface area contributed by atoms with E-state index in [0.29, 0.717) is 12.5 Å². The highest BCUT2D eigenvalue weighted by Crippen LogP contribution is 2.39. The quantitative estimate of drug-likeness (QED) is 0.865. The second-order valence-electron chi connectivity index (χ2n) is 5.52. The van der Waals surface area contributed by atoms with Crippen LogP contribution in [-0.4, -0.2) is 40.8 Å². The van der Waals surface area contributed by atoms with E-state index in [1.54, 1.807) is 0 Å². The van der Waals surface area contributed by atoms with Gasteiger partial charge in [0.2, 0.25) is 0 Å². The van der Waals surface area contributed by atoms with E-state index in [1.807, 2.05) is 6.07 Å². The number of anilines is 2. The van der Waals surface area contributed by atoms with Gasteiger partial charge in [-0.15, -0.1) is 0 Å². The van der Waals surface area contributed by atoms with Crippen LogP contribution in [0.2, 0.25) is 0 Å². The van der Waals surface area contributed by atoms with Crippen LogP contribution in [0.25, 0.3) is 0 Å². The molecule has 1 saturated heterocycles. The van der Waals surface area contributed by atoms with Gasteiger partial charge in [0.25, 0.3) is 0 Å². The third kappa shape index (κ3) is 2.97. The van der Waals surface area contributed by atoms with Gasteiger partial charge >= 0.3 is 0 Å². The highest BCUT2D eigenvalue weighted by Gasteiger charge is 2.28. The summed E-state index contributed by atoms with van der Waals surface area (Å²) >= 11 is 0. The number of β-amino-alcohol motifs (C(OH)–C–C–N with tert-alkyl or cyclic N) is 1. The van der Waals surface area contributed by atoms with Gasteiger partial charge in [-0.1, -0.05) is 0 Å². The van der Waals surface area contributed by atoms with Crippen LogP contribution in [0.1, 0.15) is 44.3 Å². The van der Waals surface area contributed by atoms with Crippen molar-refractivity contribution in [3.8, 4) is 0 Å². The fourth-order valence-corrected chi connectivity index (χ4v) is 2.57. The van der Waals surface area contributed by atoms with Crippen molar-refractivity contribution in [3.63, 3.8) is 0 Å². The van der Waals surface area contributed by atoms with E-state index in [2.05, 4.69) is 22.1 Å². The van der Waals surface area contributed by atoms with Crippen molar-refractivity contribution in [2.45, 2.75) is 44.6 Å². The average molecular weight is 262 g/mol. The molecule has 1 saturated carbocycles. The maximum atomic E-state index is 9.80. The number of nitrogens with one attached hydrogen (secondary N) is 1. The minimum Gasteiger partial charge on any atom is -0.391 e. The predicted molar refractivity (Wildman–Crippen MR) is 75.6 cm³/mol. The minimum absolute atomic E-state index is 0.226. The Morgan fingerprint density at radius 1 is 1.37 bits per heavy atom. The summed E-state index contributed by atoms with van der Waals surface area (Å²) in [6, 6.07) is 2.01. The van der Waals surface area contributed by atoms with Crippen molar-refractivity contribution in [1.82, 2.24) is 9.97 Å². The molecule has 1 atom stereocenters. The van der Waals surface area contributed by atoms with E-state index in [4.69, 9.17) is 4.98 Å². The summed E-state index contributed by atoms with van der Waals surface area (Å²) in [5, 5.41) is 13.1. The molecule has 2 N–H and O–H groups in total. The van der Waals surface area contributed by atoms with Crippen LogP contribution in [0.5, 0.6) is 0 Å². The number of aliphatic hydroxyl groups excluding tert-OH is 1. The van der Waals surface area contributed by atoms with Crippen LogP contribution < -0.4 is 10.2 Å². The molecule has 104 valence electrons. The van der Waals surface area contributed by atoms with Crippen LogP contribution in [0.3, 0.4) is 0 Å². The second-order valence-corrected chi connectivity index (χ2v) is 5.52. The number of aliphatic hydroxyl groups is 1. The van der Waals surface area contributed by atoms with Gasteiger partial charge < -0.3 is 15.3 Å². The smallest absolute Gasteiger partial charge is 0.136 e. The standard InChI is InChI=1S/C14H22N4O/c1-2-15-12-8-13(17-14(16-12)10-5-6-10)18-7-3-4-11(19)9-18/h8,10-11,19H,2-7,9H2,1H3,(H,15,16,17). The molecule has 5 nitrogen and oxygen atoms in total. The molecule has 1 aliphatic heterocycles. The highest BCUT2D eigenvalue weighted by molar-refractivity contribution is 5.50. The highest BCUT2D eigenvalue weighted by atomic mass is 16.3. The molecule has 3 rings (SSSR count). The van der Waals surface area contributed by atoms with E-state index in [9.17, 15) is 5.11 Å². The molecule has 2 aliphatic rings. The monoisotopic (exact) mass is 262 g/mol. The van der Waals surface area contributed by atoms with E-state index < -0.39 is 0 Å². The van der Waals surface area contributed by atoms with Crippen LogP contribution >= 0.6 is 0 Å². The maximum absolute atomic E-state index is 9.80. The molecule has 0 radical (unpaired) electrons. The third-order valence-corrected chi connectivity index (χ3v) is 3.75. The fourth-order valence-electron chi connectivity index (χ4n) is 2.57. The summed E-state index contributed by atoms with van der Waals surface area (Å²) in [6.07, 6.45) is 4.11. The van der Waals surface area contributed by atoms with Crippen LogP contribution in [0.4, 0.5) is 11.6 Å². The first-order chi connectivity index (χ1) is 9.26. The summed E-state index contributed by atoms with van der Waals surface area (Å²) in [4.78, 5) is 11.5. The minimum atomic E-state index is -0.226. The second kappa shape index (κ2) is 5.33. The van der Waals surface area contributed by atoms with E-state index in [0.717, 1.165) is 43.4 Å². The first-order valence-corrected chi connectivity index (χ1v) is 7.32. The topological polar surface area (TPSA) is 61.3 Å². The van der Waals surface area contributed by atoms with E-state index in [1.165, 1.54) is 12.8 Å². The number of piperidine rings is 1. The van der Waals surface area contributed by atoms with Gasteiger partial charge in [-0.05, 0) is 32.6 Å². The number of nitrogens with zero attached hydrogens (tertiary/aromatic N) is 3. The molecule has 0 spiro atoms. The molecular formula is C14H22N4O.